The molecule has 202 valence electrons. The lowest BCUT2D eigenvalue weighted by Crippen LogP contribution is -2.45. The first-order chi connectivity index (χ1) is 18.6. The number of anilines is 2. The standard InChI is InChI=1S/C31H32N2O6/c1-31(2,3)39-30(36)33-26-15-14-20(16-19(26)17-27(33)28(34)37-5)32(4)29(35)38-18-25-23-12-8-6-10-21(23)22-11-7-9-13-24(22)25/h6-16,25,27H,17-18H2,1-5H3/t27-/m0/s1. The van der Waals surface area contributed by atoms with Gasteiger partial charge < -0.3 is 14.2 Å². The molecule has 1 atom stereocenters. The highest BCUT2D eigenvalue weighted by Gasteiger charge is 2.41. The third-order valence-electron chi connectivity index (χ3n) is 7.11. The van der Waals surface area contributed by atoms with Crippen molar-refractivity contribution in [2.24, 2.45) is 0 Å². The number of amides is 2. The third-order valence-corrected chi connectivity index (χ3v) is 7.11. The summed E-state index contributed by atoms with van der Waals surface area (Å²) < 4.78 is 16.3. The van der Waals surface area contributed by atoms with Crippen LogP contribution in [0.3, 0.4) is 0 Å². The summed E-state index contributed by atoms with van der Waals surface area (Å²) >= 11 is 0. The molecule has 0 radical (unpaired) electrons. The van der Waals surface area contributed by atoms with Gasteiger partial charge in [-0.2, -0.15) is 0 Å². The van der Waals surface area contributed by atoms with E-state index < -0.39 is 29.8 Å². The predicted molar refractivity (Wildman–Crippen MR) is 148 cm³/mol. The van der Waals surface area contributed by atoms with Crippen molar-refractivity contribution < 1.29 is 28.6 Å². The zero-order valence-corrected chi connectivity index (χ0v) is 22.8. The highest BCUT2D eigenvalue weighted by atomic mass is 16.6. The van der Waals surface area contributed by atoms with E-state index in [4.69, 9.17) is 14.2 Å². The molecule has 1 heterocycles. The molecule has 0 N–H and O–H groups in total. The van der Waals surface area contributed by atoms with Crippen molar-refractivity contribution in [1.82, 2.24) is 0 Å². The molecule has 3 aromatic carbocycles. The lowest BCUT2D eigenvalue weighted by Gasteiger charge is -2.28. The maximum Gasteiger partial charge on any atom is 0.415 e. The molecule has 5 rings (SSSR count). The average molecular weight is 529 g/mol. The van der Waals surface area contributed by atoms with E-state index >= 15 is 0 Å². The molecular weight excluding hydrogens is 496 g/mol. The van der Waals surface area contributed by atoms with Gasteiger partial charge in [0, 0.05) is 25.1 Å². The maximum atomic E-state index is 13.1. The third kappa shape index (κ3) is 4.94. The number of carbonyl (C=O) groups is 3. The van der Waals surface area contributed by atoms with Crippen LogP contribution in [0.5, 0.6) is 0 Å². The summed E-state index contributed by atoms with van der Waals surface area (Å²) in [6.07, 6.45) is -0.884. The first-order valence-electron chi connectivity index (χ1n) is 12.9. The van der Waals surface area contributed by atoms with Crippen LogP contribution in [0.2, 0.25) is 0 Å². The van der Waals surface area contributed by atoms with Crippen LogP contribution in [0.1, 0.15) is 43.4 Å². The normalized spacial score (nSPS) is 15.7. The summed E-state index contributed by atoms with van der Waals surface area (Å²) in [6, 6.07) is 20.7. The molecule has 0 saturated carbocycles. The molecule has 0 bridgehead atoms. The fraction of sp³-hybridized carbons (Fsp3) is 0.323. The van der Waals surface area contributed by atoms with Gasteiger partial charge >= 0.3 is 18.2 Å². The molecule has 3 aromatic rings. The number of hydrogen-bond donors (Lipinski definition) is 0. The van der Waals surface area contributed by atoms with Gasteiger partial charge in [0.1, 0.15) is 18.2 Å². The van der Waals surface area contributed by atoms with Crippen LogP contribution >= 0.6 is 0 Å². The van der Waals surface area contributed by atoms with Gasteiger partial charge in [-0.3, -0.25) is 9.80 Å². The Morgan fingerprint density at radius 1 is 0.949 bits per heavy atom. The van der Waals surface area contributed by atoms with Gasteiger partial charge in [-0.1, -0.05) is 48.5 Å². The van der Waals surface area contributed by atoms with Gasteiger partial charge in [0.05, 0.1) is 12.8 Å². The maximum absolute atomic E-state index is 13.1. The van der Waals surface area contributed by atoms with Gasteiger partial charge in [-0.15, -0.1) is 0 Å². The Hall–Kier alpha value is -4.33. The number of esters is 1. The van der Waals surface area contributed by atoms with E-state index in [0.29, 0.717) is 11.4 Å². The molecular formula is C31H32N2O6. The van der Waals surface area contributed by atoms with Crippen molar-refractivity contribution >= 4 is 29.5 Å². The van der Waals surface area contributed by atoms with Crippen LogP contribution < -0.4 is 9.80 Å². The van der Waals surface area contributed by atoms with Gasteiger partial charge in [-0.05, 0) is 66.8 Å². The molecule has 1 aliphatic carbocycles. The second-order valence-corrected chi connectivity index (χ2v) is 10.8. The molecule has 8 heteroatoms. The second kappa shape index (κ2) is 10.1. The van der Waals surface area contributed by atoms with Gasteiger partial charge in [0.25, 0.3) is 0 Å². The second-order valence-electron chi connectivity index (χ2n) is 10.8. The monoisotopic (exact) mass is 528 g/mol. The zero-order valence-electron chi connectivity index (χ0n) is 22.8. The average Bonchev–Trinajstić information content (AvgIpc) is 3.45. The van der Waals surface area contributed by atoms with E-state index in [-0.39, 0.29) is 18.9 Å². The Labute approximate surface area is 228 Å². The van der Waals surface area contributed by atoms with Crippen molar-refractivity contribution in [1.29, 1.82) is 0 Å². The predicted octanol–water partition coefficient (Wildman–Crippen LogP) is 5.91. The minimum Gasteiger partial charge on any atom is -0.467 e. The van der Waals surface area contributed by atoms with Gasteiger partial charge in [0.2, 0.25) is 0 Å². The van der Waals surface area contributed by atoms with Gasteiger partial charge in [-0.25, -0.2) is 14.4 Å². The summed E-state index contributed by atoms with van der Waals surface area (Å²) in [5, 5.41) is 0. The Bertz CT molecular complexity index is 1400. The lowest BCUT2D eigenvalue weighted by molar-refractivity contribution is -0.142. The van der Waals surface area contributed by atoms with Crippen LogP contribution in [0.25, 0.3) is 11.1 Å². The molecule has 2 amide bonds. The fourth-order valence-corrected chi connectivity index (χ4v) is 5.30. The van der Waals surface area contributed by atoms with Crippen molar-refractivity contribution in [2.75, 3.05) is 30.6 Å². The SMILES string of the molecule is COC(=O)[C@@H]1Cc2cc(N(C)C(=O)OCC3c4ccccc4-c4ccccc43)ccc2N1C(=O)OC(C)(C)C. The number of methoxy groups -OCH3 is 1. The van der Waals surface area contributed by atoms with Gasteiger partial charge in [0.15, 0.2) is 0 Å². The minimum atomic E-state index is -0.852. The Balaban J connectivity index is 1.33. The van der Waals surface area contributed by atoms with E-state index in [1.807, 2.05) is 24.3 Å². The smallest absolute Gasteiger partial charge is 0.415 e. The Morgan fingerprint density at radius 3 is 2.15 bits per heavy atom. The fourth-order valence-electron chi connectivity index (χ4n) is 5.30. The Morgan fingerprint density at radius 2 is 1.56 bits per heavy atom. The number of carbonyl (C=O) groups excluding carboxylic acids is 3. The summed E-state index contributed by atoms with van der Waals surface area (Å²) in [5.41, 5.74) is 5.74. The van der Waals surface area contributed by atoms with E-state index in [9.17, 15) is 14.4 Å². The quantitative estimate of drug-likeness (QED) is 0.309. The summed E-state index contributed by atoms with van der Waals surface area (Å²) in [7, 11) is 2.92. The molecule has 1 aliphatic heterocycles. The number of nitrogens with zero attached hydrogens (tertiary/aromatic N) is 2. The van der Waals surface area contributed by atoms with E-state index in [0.717, 1.165) is 27.8 Å². The van der Waals surface area contributed by atoms with Crippen molar-refractivity contribution in [3.05, 3.63) is 83.4 Å². The lowest BCUT2D eigenvalue weighted by atomic mass is 9.98. The van der Waals surface area contributed by atoms with Crippen molar-refractivity contribution in [3.63, 3.8) is 0 Å². The highest BCUT2D eigenvalue weighted by molar-refractivity contribution is 6.00. The van der Waals surface area contributed by atoms with Crippen LogP contribution in [-0.4, -0.2) is 50.6 Å². The number of ether oxygens (including phenoxy) is 3. The summed E-state index contributed by atoms with van der Waals surface area (Å²) in [6.45, 7) is 5.50. The molecule has 2 aliphatic rings. The molecule has 0 saturated heterocycles. The first kappa shape index (κ1) is 26.3. The Kier molecular flexibility index (Phi) is 6.80. The molecule has 0 spiro atoms. The van der Waals surface area contributed by atoms with Crippen LogP contribution in [0.4, 0.5) is 21.0 Å². The largest absolute Gasteiger partial charge is 0.467 e. The number of hydrogen-bond acceptors (Lipinski definition) is 6. The van der Waals surface area contributed by atoms with Crippen LogP contribution in [0, 0.1) is 0 Å². The number of benzene rings is 3. The van der Waals surface area contributed by atoms with E-state index in [1.165, 1.54) is 16.9 Å². The molecule has 8 nitrogen and oxygen atoms in total. The van der Waals surface area contributed by atoms with Crippen molar-refractivity contribution in [2.45, 2.75) is 44.8 Å². The number of rotatable bonds is 4. The highest BCUT2D eigenvalue weighted by Crippen LogP contribution is 2.44. The number of fused-ring (bicyclic) bond motifs is 4. The molecule has 0 aromatic heterocycles. The molecule has 0 unspecified atom stereocenters. The first-order valence-corrected chi connectivity index (χ1v) is 12.9. The minimum absolute atomic E-state index is 0.0435. The van der Waals surface area contributed by atoms with Crippen LogP contribution in [0.15, 0.2) is 66.7 Å². The molecule has 39 heavy (non-hydrogen) atoms. The topological polar surface area (TPSA) is 85.4 Å². The summed E-state index contributed by atoms with van der Waals surface area (Å²) in [5.74, 6) is -0.582. The van der Waals surface area contributed by atoms with E-state index in [1.54, 1.807) is 46.0 Å². The zero-order chi connectivity index (χ0) is 27.9. The summed E-state index contributed by atoms with van der Waals surface area (Å²) in [4.78, 5) is 41.4. The van der Waals surface area contributed by atoms with Crippen LogP contribution in [-0.2, 0) is 25.4 Å². The molecule has 0 fully saturated rings. The van der Waals surface area contributed by atoms with Crippen molar-refractivity contribution in [3.8, 4) is 11.1 Å². The van der Waals surface area contributed by atoms with E-state index in [2.05, 4.69) is 24.3 Å².